The van der Waals surface area contributed by atoms with Crippen molar-refractivity contribution in [2.45, 2.75) is 0 Å². The van der Waals surface area contributed by atoms with Crippen LogP contribution in [0.25, 0.3) is 0 Å². The third kappa shape index (κ3) is 2.49. The Morgan fingerprint density at radius 2 is 1.92 bits per heavy atom. The first-order valence-corrected chi connectivity index (χ1v) is 3.56. The molecule has 0 atom stereocenters. The molecule has 1 amide bonds. The van der Waals surface area contributed by atoms with E-state index in [1.807, 2.05) is 0 Å². The van der Waals surface area contributed by atoms with Crippen LogP contribution in [-0.2, 0) is 4.79 Å². The predicted molar refractivity (Wildman–Crippen MR) is 48.5 cm³/mol. The third-order valence-electron chi connectivity index (χ3n) is 1.38. The fourth-order valence-corrected chi connectivity index (χ4v) is 0.790. The zero-order chi connectivity index (χ0) is 8.97. The smallest absolute Gasteiger partial charge is 0.236 e. The Balaban J connectivity index is 2.53. The highest BCUT2D eigenvalue weighted by Crippen LogP contribution is 2.09. The van der Waals surface area contributed by atoms with E-state index in [1.54, 1.807) is 24.3 Å². The fourth-order valence-electron chi connectivity index (χ4n) is 0.790. The maximum Gasteiger partial charge on any atom is 0.236 e. The number of hydrogen-bond acceptors (Lipinski definition) is 3. The minimum Gasteiger partial charge on any atom is -0.399 e. The Bertz CT molecular complexity index is 268. The van der Waals surface area contributed by atoms with Gasteiger partial charge in [-0.3, -0.25) is 4.79 Å². The molecule has 0 saturated carbocycles. The van der Waals surface area contributed by atoms with E-state index >= 15 is 0 Å². The summed E-state index contributed by atoms with van der Waals surface area (Å²) in [7, 11) is 0. The zero-order valence-corrected chi connectivity index (χ0v) is 6.58. The van der Waals surface area contributed by atoms with E-state index < -0.39 is 0 Å². The van der Waals surface area contributed by atoms with E-state index in [0.717, 1.165) is 5.69 Å². The number of hydrogen-bond donors (Lipinski definition) is 3. The number of carbonyl (C=O) groups excluding carboxylic acids is 1. The molecule has 4 heteroatoms. The van der Waals surface area contributed by atoms with Gasteiger partial charge in [0.15, 0.2) is 0 Å². The van der Waals surface area contributed by atoms with Crippen LogP contribution in [0.2, 0.25) is 0 Å². The van der Waals surface area contributed by atoms with E-state index in [1.165, 1.54) is 0 Å². The molecule has 64 valence electrons. The number of nitrogens with two attached hydrogens (primary N) is 2. The Hall–Kier alpha value is -1.71. The van der Waals surface area contributed by atoms with Crippen LogP contribution in [0.15, 0.2) is 24.3 Å². The average Bonchev–Trinajstić information content (AvgIpc) is 2.03. The number of rotatable bonds is 3. The first-order chi connectivity index (χ1) is 5.68. The maximum absolute atomic E-state index is 10.4. The Labute approximate surface area is 70.6 Å². The lowest BCUT2D eigenvalue weighted by atomic mass is 10.3. The molecule has 0 aromatic heterocycles. The molecule has 0 heterocycles. The van der Waals surface area contributed by atoms with E-state index in [0.29, 0.717) is 5.69 Å². The molecule has 1 rings (SSSR count). The largest absolute Gasteiger partial charge is 0.399 e. The van der Waals surface area contributed by atoms with Crippen LogP contribution in [-0.4, -0.2) is 12.5 Å². The summed E-state index contributed by atoms with van der Waals surface area (Å²) in [5.41, 5.74) is 11.9. The second-order valence-corrected chi connectivity index (χ2v) is 2.44. The molecule has 0 aliphatic heterocycles. The van der Waals surface area contributed by atoms with Crippen molar-refractivity contribution in [3.63, 3.8) is 0 Å². The van der Waals surface area contributed by atoms with Gasteiger partial charge in [0.05, 0.1) is 6.54 Å². The Morgan fingerprint density at radius 1 is 1.33 bits per heavy atom. The molecule has 0 bridgehead atoms. The highest BCUT2D eigenvalue weighted by molar-refractivity contribution is 5.78. The third-order valence-corrected chi connectivity index (χ3v) is 1.38. The molecule has 5 N–H and O–H groups in total. The SMILES string of the molecule is NC(=O)CNc1ccc(N)cc1. The minimum absolute atomic E-state index is 0.143. The van der Waals surface area contributed by atoms with Crippen LogP contribution in [0.5, 0.6) is 0 Å². The lowest BCUT2D eigenvalue weighted by Crippen LogP contribution is -2.21. The number of anilines is 2. The molecule has 0 radical (unpaired) electrons. The average molecular weight is 165 g/mol. The van der Waals surface area contributed by atoms with Gasteiger partial charge >= 0.3 is 0 Å². The van der Waals surface area contributed by atoms with E-state index in [2.05, 4.69) is 5.32 Å². The summed E-state index contributed by atoms with van der Waals surface area (Å²) in [5.74, 6) is -0.383. The number of benzene rings is 1. The summed E-state index contributed by atoms with van der Waals surface area (Å²) < 4.78 is 0. The summed E-state index contributed by atoms with van der Waals surface area (Å²) in [6, 6.07) is 7.09. The zero-order valence-electron chi connectivity index (χ0n) is 6.58. The van der Waals surface area contributed by atoms with Crippen LogP contribution in [0.4, 0.5) is 11.4 Å². The molecular weight excluding hydrogens is 154 g/mol. The summed E-state index contributed by atoms with van der Waals surface area (Å²) >= 11 is 0. The number of nitrogens with one attached hydrogen (secondary N) is 1. The molecule has 1 aromatic rings. The molecule has 0 spiro atoms. The molecule has 1 aromatic carbocycles. The summed E-state index contributed by atoms with van der Waals surface area (Å²) in [4.78, 5) is 10.4. The van der Waals surface area contributed by atoms with Gasteiger partial charge in [0.1, 0.15) is 0 Å². The number of amides is 1. The molecule has 0 fully saturated rings. The lowest BCUT2D eigenvalue weighted by Gasteiger charge is -2.02. The van der Waals surface area contributed by atoms with Crippen molar-refractivity contribution in [1.82, 2.24) is 0 Å². The minimum atomic E-state index is -0.383. The second kappa shape index (κ2) is 3.61. The normalized spacial score (nSPS) is 9.33. The molecule has 0 saturated heterocycles. The standard InChI is InChI=1S/C8H11N3O/c9-6-1-3-7(4-2-6)11-5-8(10)12/h1-4,11H,5,9H2,(H2,10,12). The highest BCUT2D eigenvalue weighted by Gasteiger charge is 1.93. The fraction of sp³-hybridized carbons (Fsp3) is 0.125. The number of carbonyl (C=O) groups is 1. The van der Waals surface area contributed by atoms with Crippen LogP contribution >= 0.6 is 0 Å². The van der Waals surface area contributed by atoms with Crippen LogP contribution in [0.3, 0.4) is 0 Å². The van der Waals surface area contributed by atoms with Crippen molar-refractivity contribution < 1.29 is 4.79 Å². The van der Waals surface area contributed by atoms with Crippen molar-refractivity contribution in [3.05, 3.63) is 24.3 Å². The molecule has 0 aliphatic carbocycles. The first-order valence-electron chi connectivity index (χ1n) is 3.56. The Morgan fingerprint density at radius 3 is 2.42 bits per heavy atom. The van der Waals surface area contributed by atoms with E-state index in [9.17, 15) is 4.79 Å². The quantitative estimate of drug-likeness (QED) is 0.558. The summed E-state index contributed by atoms with van der Waals surface area (Å²) in [6.07, 6.45) is 0. The molecular formula is C8H11N3O. The lowest BCUT2D eigenvalue weighted by molar-refractivity contribution is -0.116. The highest BCUT2D eigenvalue weighted by atomic mass is 16.1. The molecule has 0 aliphatic rings. The monoisotopic (exact) mass is 165 g/mol. The van der Waals surface area contributed by atoms with Gasteiger partial charge in [-0.1, -0.05) is 0 Å². The van der Waals surface area contributed by atoms with Gasteiger partial charge in [-0.25, -0.2) is 0 Å². The van der Waals surface area contributed by atoms with Gasteiger partial charge in [0.2, 0.25) is 5.91 Å². The Kier molecular flexibility index (Phi) is 2.53. The van der Waals surface area contributed by atoms with Crippen molar-refractivity contribution >= 4 is 17.3 Å². The van der Waals surface area contributed by atoms with Crippen molar-refractivity contribution in [3.8, 4) is 0 Å². The molecule has 0 unspecified atom stereocenters. The molecule has 12 heavy (non-hydrogen) atoms. The van der Waals surface area contributed by atoms with Gasteiger partial charge in [-0.15, -0.1) is 0 Å². The molecule has 4 nitrogen and oxygen atoms in total. The van der Waals surface area contributed by atoms with Crippen LogP contribution in [0.1, 0.15) is 0 Å². The van der Waals surface area contributed by atoms with Gasteiger partial charge in [0, 0.05) is 11.4 Å². The summed E-state index contributed by atoms with van der Waals surface area (Å²) in [5, 5.41) is 2.84. The van der Waals surface area contributed by atoms with Crippen molar-refractivity contribution in [2.24, 2.45) is 5.73 Å². The van der Waals surface area contributed by atoms with E-state index in [4.69, 9.17) is 11.5 Å². The van der Waals surface area contributed by atoms with E-state index in [-0.39, 0.29) is 12.5 Å². The topological polar surface area (TPSA) is 81.1 Å². The van der Waals surface area contributed by atoms with Crippen molar-refractivity contribution in [1.29, 1.82) is 0 Å². The van der Waals surface area contributed by atoms with Crippen molar-refractivity contribution in [2.75, 3.05) is 17.6 Å². The number of primary amides is 1. The van der Waals surface area contributed by atoms with Crippen LogP contribution in [0, 0.1) is 0 Å². The van der Waals surface area contributed by atoms with Gasteiger partial charge in [-0.2, -0.15) is 0 Å². The van der Waals surface area contributed by atoms with Gasteiger partial charge < -0.3 is 16.8 Å². The predicted octanol–water partition coefficient (Wildman–Crippen LogP) is 0.166. The summed E-state index contributed by atoms with van der Waals surface area (Å²) in [6.45, 7) is 0.143. The second-order valence-electron chi connectivity index (χ2n) is 2.44. The maximum atomic E-state index is 10.4. The van der Waals surface area contributed by atoms with Crippen LogP contribution < -0.4 is 16.8 Å². The van der Waals surface area contributed by atoms with Gasteiger partial charge in [0.25, 0.3) is 0 Å². The van der Waals surface area contributed by atoms with Gasteiger partial charge in [-0.05, 0) is 24.3 Å². The first kappa shape index (κ1) is 8.39. The number of nitrogen functional groups attached to an aromatic ring is 1.